The number of aryl methyl sites for hydroxylation is 1. The van der Waals surface area contributed by atoms with E-state index in [1.807, 2.05) is 31.2 Å². The predicted octanol–water partition coefficient (Wildman–Crippen LogP) is 1.35. The number of nitrogens with one attached hydrogen (secondary N) is 1. The molecule has 2 heterocycles. The third kappa shape index (κ3) is 3.42. The summed E-state index contributed by atoms with van der Waals surface area (Å²) in [5, 5.41) is 2.19. The van der Waals surface area contributed by atoms with E-state index in [1.54, 1.807) is 14.1 Å². The molecule has 3 rings (SSSR count). The van der Waals surface area contributed by atoms with Crippen molar-refractivity contribution in [2.45, 2.75) is 18.6 Å². The standard InChI is InChI=1S/C18H25N3O4S/c1-12-6-4-5-7-15(12)19-18(23)21-10-14-13(17(22)20(2)3)8-9-26(24,25)16(14)11-21/h4-7,13-14,16H,8-11H2,1-3H3,(H,19,23)/t13-,14+,16+/m1/s1. The zero-order valence-corrected chi connectivity index (χ0v) is 16.1. The molecule has 0 radical (unpaired) electrons. The molecule has 2 fully saturated rings. The fourth-order valence-corrected chi connectivity index (χ4v) is 6.03. The van der Waals surface area contributed by atoms with Crippen LogP contribution in [0, 0.1) is 18.8 Å². The molecule has 7 nitrogen and oxygen atoms in total. The lowest BCUT2D eigenvalue weighted by molar-refractivity contribution is -0.134. The summed E-state index contributed by atoms with van der Waals surface area (Å²) in [5.74, 6) is -0.747. The van der Waals surface area contributed by atoms with Gasteiger partial charge < -0.3 is 15.1 Å². The molecule has 3 amide bonds. The minimum Gasteiger partial charge on any atom is -0.349 e. The first-order valence-electron chi connectivity index (χ1n) is 8.75. The minimum atomic E-state index is -3.29. The Bertz CT molecular complexity index is 821. The molecule has 1 aromatic carbocycles. The van der Waals surface area contributed by atoms with Crippen LogP contribution in [-0.4, -0.2) is 68.3 Å². The smallest absolute Gasteiger partial charge is 0.321 e. The molecule has 1 aromatic rings. The topological polar surface area (TPSA) is 86.8 Å². The van der Waals surface area contributed by atoms with Crippen molar-refractivity contribution in [1.29, 1.82) is 0 Å². The molecule has 2 aliphatic rings. The van der Waals surface area contributed by atoms with E-state index < -0.39 is 15.1 Å². The number of hydrogen-bond donors (Lipinski definition) is 1. The number of hydrogen-bond acceptors (Lipinski definition) is 4. The number of nitrogens with zero attached hydrogens (tertiary/aromatic N) is 2. The lowest BCUT2D eigenvalue weighted by Gasteiger charge is -2.33. The predicted molar refractivity (Wildman–Crippen MR) is 99.6 cm³/mol. The SMILES string of the molecule is Cc1ccccc1NC(=O)N1C[C@H]2[C@H](C(=O)N(C)C)CCS(=O)(=O)[C@H]2C1. The summed E-state index contributed by atoms with van der Waals surface area (Å²) in [6, 6.07) is 7.11. The lowest BCUT2D eigenvalue weighted by Crippen LogP contribution is -2.46. The van der Waals surface area contributed by atoms with Gasteiger partial charge in [-0.15, -0.1) is 0 Å². The van der Waals surface area contributed by atoms with Crippen molar-refractivity contribution in [1.82, 2.24) is 9.80 Å². The average molecular weight is 379 g/mol. The van der Waals surface area contributed by atoms with E-state index in [4.69, 9.17) is 0 Å². The minimum absolute atomic E-state index is 0.00562. The van der Waals surface area contributed by atoms with Gasteiger partial charge in [0.2, 0.25) is 5.91 Å². The molecular formula is C18H25N3O4S. The van der Waals surface area contributed by atoms with Crippen molar-refractivity contribution in [3.05, 3.63) is 29.8 Å². The number of rotatable bonds is 2. The molecule has 3 atom stereocenters. The Kier molecular flexibility index (Phi) is 4.96. The van der Waals surface area contributed by atoms with Crippen LogP contribution in [0.3, 0.4) is 0 Å². The zero-order valence-electron chi connectivity index (χ0n) is 15.3. The van der Waals surface area contributed by atoms with Gasteiger partial charge in [0.05, 0.1) is 11.0 Å². The van der Waals surface area contributed by atoms with Crippen LogP contribution in [0.2, 0.25) is 0 Å². The molecule has 8 heteroatoms. The number of likely N-dealkylation sites (tertiary alicyclic amines) is 1. The highest BCUT2D eigenvalue weighted by Gasteiger charge is 2.51. The molecule has 0 spiro atoms. The summed E-state index contributed by atoms with van der Waals surface area (Å²) in [7, 11) is 0.0650. The number of carbonyl (C=O) groups is 2. The van der Waals surface area contributed by atoms with Crippen LogP contribution in [0.1, 0.15) is 12.0 Å². The van der Waals surface area contributed by atoms with Gasteiger partial charge in [-0.05, 0) is 25.0 Å². The first-order valence-corrected chi connectivity index (χ1v) is 10.5. The Morgan fingerprint density at radius 2 is 1.88 bits per heavy atom. The van der Waals surface area contributed by atoms with Gasteiger partial charge in [-0.25, -0.2) is 13.2 Å². The van der Waals surface area contributed by atoms with E-state index in [0.29, 0.717) is 12.1 Å². The van der Waals surface area contributed by atoms with Gasteiger partial charge in [0.15, 0.2) is 9.84 Å². The Labute approximate surface area is 154 Å². The van der Waals surface area contributed by atoms with Crippen molar-refractivity contribution in [2.75, 3.05) is 38.3 Å². The van der Waals surface area contributed by atoms with E-state index in [9.17, 15) is 18.0 Å². The molecule has 0 unspecified atom stereocenters. The number of sulfone groups is 1. The Morgan fingerprint density at radius 3 is 2.54 bits per heavy atom. The quantitative estimate of drug-likeness (QED) is 0.840. The molecule has 0 saturated carbocycles. The zero-order chi connectivity index (χ0) is 19.1. The van der Waals surface area contributed by atoms with Crippen molar-refractivity contribution in [3.8, 4) is 0 Å². The number of carbonyl (C=O) groups excluding carboxylic acids is 2. The second kappa shape index (κ2) is 6.90. The Morgan fingerprint density at radius 1 is 1.19 bits per heavy atom. The number of anilines is 1. The van der Waals surface area contributed by atoms with Gasteiger partial charge in [-0.3, -0.25) is 4.79 Å². The van der Waals surface area contributed by atoms with Gasteiger partial charge in [-0.2, -0.15) is 0 Å². The normalized spacial score (nSPS) is 26.9. The van der Waals surface area contributed by atoms with Gasteiger partial charge >= 0.3 is 6.03 Å². The maximum Gasteiger partial charge on any atom is 0.321 e. The Balaban J connectivity index is 1.79. The summed E-state index contributed by atoms with van der Waals surface area (Å²) in [6.07, 6.45) is 0.327. The van der Waals surface area contributed by atoms with Crippen LogP contribution in [0.4, 0.5) is 10.5 Å². The fourth-order valence-electron chi connectivity index (χ4n) is 3.93. The summed E-state index contributed by atoms with van der Waals surface area (Å²) in [5.41, 5.74) is 1.64. The monoisotopic (exact) mass is 379 g/mol. The Hall–Kier alpha value is -2.09. The third-order valence-electron chi connectivity index (χ3n) is 5.43. The molecule has 26 heavy (non-hydrogen) atoms. The van der Waals surface area contributed by atoms with Crippen molar-refractivity contribution < 1.29 is 18.0 Å². The first kappa shape index (κ1) is 18.7. The second-order valence-electron chi connectivity index (χ2n) is 7.35. The maximum atomic E-state index is 12.7. The first-order chi connectivity index (χ1) is 12.2. The van der Waals surface area contributed by atoms with E-state index in [0.717, 1.165) is 5.56 Å². The largest absolute Gasteiger partial charge is 0.349 e. The molecular weight excluding hydrogens is 354 g/mol. The van der Waals surface area contributed by atoms with Gasteiger partial charge in [0.25, 0.3) is 0 Å². The number of para-hydroxylation sites is 1. The molecule has 142 valence electrons. The van der Waals surface area contributed by atoms with E-state index in [-0.39, 0.29) is 42.6 Å². The third-order valence-corrected chi connectivity index (χ3v) is 7.66. The van der Waals surface area contributed by atoms with Gasteiger partial charge in [-0.1, -0.05) is 18.2 Å². The fraction of sp³-hybridized carbons (Fsp3) is 0.556. The van der Waals surface area contributed by atoms with Crippen LogP contribution in [0.15, 0.2) is 24.3 Å². The molecule has 2 saturated heterocycles. The van der Waals surface area contributed by atoms with E-state index in [2.05, 4.69) is 5.32 Å². The van der Waals surface area contributed by atoms with E-state index >= 15 is 0 Å². The van der Waals surface area contributed by atoms with Crippen LogP contribution in [-0.2, 0) is 14.6 Å². The highest BCUT2D eigenvalue weighted by Crippen LogP contribution is 2.37. The van der Waals surface area contributed by atoms with Crippen molar-refractivity contribution in [2.24, 2.45) is 11.8 Å². The number of fused-ring (bicyclic) bond motifs is 1. The summed E-state index contributed by atoms with van der Waals surface area (Å²) >= 11 is 0. The van der Waals surface area contributed by atoms with Crippen LogP contribution in [0.25, 0.3) is 0 Å². The van der Waals surface area contributed by atoms with Gasteiger partial charge in [0.1, 0.15) is 0 Å². The second-order valence-corrected chi connectivity index (χ2v) is 9.69. The molecule has 1 N–H and O–H groups in total. The lowest BCUT2D eigenvalue weighted by atomic mass is 9.87. The average Bonchev–Trinajstić information content (AvgIpc) is 3.03. The number of urea groups is 1. The molecule has 0 aromatic heterocycles. The highest BCUT2D eigenvalue weighted by molar-refractivity contribution is 7.92. The summed E-state index contributed by atoms with van der Waals surface area (Å²) in [4.78, 5) is 28.2. The highest BCUT2D eigenvalue weighted by atomic mass is 32.2. The van der Waals surface area contributed by atoms with Crippen LogP contribution >= 0.6 is 0 Å². The number of amides is 3. The van der Waals surface area contributed by atoms with Crippen LogP contribution in [0.5, 0.6) is 0 Å². The van der Waals surface area contributed by atoms with Crippen molar-refractivity contribution >= 4 is 27.5 Å². The number of benzene rings is 1. The molecule has 0 bridgehead atoms. The molecule has 0 aliphatic carbocycles. The maximum absolute atomic E-state index is 12.7. The van der Waals surface area contributed by atoms with Crippen LogP contribution < -0.4 is 5.32 Å². The summed E-state index contributed by atoms with van der Waals surface area (Å²) in [6.45, 7) is 2.32. The summed E-state index contributed by atoms with van der Waals surface area (Å²) < 4.78 is 25.0. The molecule has 2 aliphatic heterocycles. The van der Waals surface area contributed by atoms with E-state index in [1.165, 1.54) is 9.80 Å². The van der Waals surface area contributed by atoms with Gasteiger partial charge in [0, 0.05) is 44.7 Å². The van der Waals surface area contributed by atoms with Crippen molar-refractivity contribution in [3.63, 3.8) is 0 Å².